The molecular weight excluding hydrogens is 320 g/mol. The van der Waals surface area contributed by atoms with Crippen molar-refractivity contribution in [1.82, 2.24) is 9.62 Å². The van der Waals surface area contributed by atoms with Crippen LogP contribution in [0.4, 0.5) is 0 Å². The van der Waals surface area contributed by atoms with Crippen LogP contribution in [-0.2, 0) is 14.8 Å². The average molecular weight is 340 g/mol. The molecule has 0 spiro atoms. The van der Waals surface area contributed by atoms with Crippen LogP contribution in [0.3, 0.4) is 0 Å². The molecule has 1 aliphatic heterocycles. The molecule has 0 aliphatic carbocycles. The Morgan fingerprint density at radius 3 is 2.65 bits per heavy atom. The number of aryl methyl sites for hydroxylation is 1. The van der Waals surface area contributed by atoms with Gasteiger partial charge in [0.05, 0.1) is 10.8 Å². The largest absolute Gasteiger partial charge is 0.481 e. The maximum atomic E-state index is 12.6. The third kappa shape index (κ3) is 3.70. The molecule has 7 nitrogen and oxygen atoms in total. The summed E-state index contributed by atoms with van der Waals surface area (Å²) in [5, 5.41) is 9.02. The molecular formula is C15H20N2O5S. The second-order valence-electron chi connectivity index (χ2n) is 5.55. The Kier molecular flexibility index (Phi) is 5.06. The van der Waals surface area contributed by atoms with E-state index in [1.807, 2.05) is 0 Å². The van der Waals surface area contributed by atoms with Crippen molar-refractivity contribution in [3.8, 4) is 0 Å². The molecule has 1 aromatic rings. The van der Waals surface area contributed by atoms with Gasteiger partial charge in [-0.15, -0.1) is 0 Å². The Morgan fingerprint density at radius 2 is 2.09 bits per heavy atom. The highest BCUT2D eigenvalue weighted by molar-refractivity contribution is 7.89. The lowest BCUT2D eigenvalue weighted by molar-refractivity contribution is -0.141. The predicted molar refractivity (Wildman–Crippen MR) is 83.7 cm³/mol. The topological polar surface area (TPSA) is 104 Å². The molecule has 0 bridgehead atoms. The monoisotopic (exact) mass is 340 g/mol. The van der Waals surface area contributed by atoms with E-state index in [9.17, 15) is 18.0 Å². The Balaban J connectivity index is 2.29. The molecule has 126 valence electrons. The number of rotatable bonds is 5. The van der Waals surface area contributed by atoms with Crippen molar-refractivity contribution in [3.05, 3.63) is 29.3 Å². The summed E-state index contributed by atoms with van der Waals surface area (Å²) in [6.07, 6.45) is 0.412. The summed E-state index contributed by atoms with van der Waals surface area (Å²) in [6.45, 7) is 4.17. The van der Waals surface area contributed by atoms with Crippen molar-refractivity contribution in [2.75, 3.05) is 19.6 Å². The van der Waals surface area contributed by atoms with Gasteiger partial charge in [0, 0.05) is 25.2 Å². The van der Waals surface area contributed by atoms with Crippen LogP contribution in [0.5, 0.6) is 0 Å². The Hall–Kier alpha value is -1.93. The van der Waals surface area contributed by atoms with E-state index in [1.165, 1.54) is 17.0 Å². The molecule has 1 saturated heterocycles. The SMILES string of the molecule is CCNS(=O)(=O)c1ccc(C)c(C(=O)N2CCC(C(=O)O)C2)c1. The predicted octanol–water partition coefficient (Wildman–Crippen LogP) is 0.840. The molecule has 2 N–H and O–H groups in total. The average Bonchev–Trinajstić information content (AvgIpc) is 2.96. The fourth-order valence-corrected chi connectivity index (χ4v) is 3.66. The zero-order valence-electron chi connectivity index (χ0n) is 13.1. The number of hydrogen-bond acceptors (Lipinski definition) is 4. The summed E-state index contributed by atoms with van der Waals surface area (Å²) in [5.74, 6) is -1.81. The lowest BCUT2D eigenvalue weighted by atomic mass is 10.1. The van der Waals surface area contributed by atoms with Crippen LogP contribution in [0.15, 0.2) is 23.1 Å². The molecule has 1 amide bonds. The number of amides is 1. The van der Waals surface area contributed by atoms with Crippen LogP contribution in [0.1, 0.15) is 29.3 Å². The summed E-state index contributed by atoms with van der Waals surface area (Å²) in [5.41, 5.74) is 0.944. The highest BCUT2D eigenvalue weighted by Crippen LogP contribution is 2.22. The first-order valence-electron chi connectivity index (χ1n) is 7.38. The fourth-order valence-electron chi connectivity index (χ4n) is 2.59. The van der Waals surface area contributed by atoms with Gasteiger partial charge in [0.15, 0.2) is 0 Å². The summed E-state index contributed by atoms with van der Waals surface area (Å²) in [7, 11) is -3.65. The fraction of sp³-hybridized carbons (Fsp3) is 0.467. The van der Waals surface area contributed by atoms with E-state index < -0.39 is 21.9 Å². The first kappa shape index (κ1) is 17.4. The lowest BCUT2D eigenvalue weighted by Crippen LogP contribution is -2.31. The summed E-state index contributed by atoms with van der Waals surface area (Å²) in [6, 6.07) is 4.39. The smallest absolute Gasteiger partial charge is 0.308 e. The van der Waals surface area contributed by atoms with Crippen molar-refractivity contribution in [1.29, 1.82) is 0 Å². The van der Waals surface area contributed by atoms with Crippen molar-refractivity contribution in [2.24, 2.45) is 5.92 Å². The van der Waals surface area contributed by atoms with Crippen LogP contribution in [-0.4, -0.2) is 49.9 Å². The minimum Gasteiger partial charge on any atom is -0.481 e. The molecule has 0 radical (unpaired) electrons. The second kappa shape index (κ2) is 6.67. The van der Waals surface area contributed by atoms with E-state index in [0.717, 1.165) is 0 Å². The number of aliphatic carboxylic acids is 1. The maximum absolute atomic E-state index is 12.6. The van der Waals surface area contributed by atoms with Gasteiger partial charge in [0.1, 0.15) is 0 Å². The van der Waals surface area contributed by atoms with Crippen LogP contribution < -0.4 is 4.72 Å². The van der Waals surface area contributed by atoms with E-state index >= 15 is 0 Å². The number of carboxylic acids is 1. The van der Waals surface area contributed by atoms with Gasteiger partial charge < -0.3 is 10.0 Å². The third-order valence-electron chi connectivity index (χ3n) is 3.91. The van der Waals surface area contributed by atoms with Crippen LogP contribution in [0.2, 0.25) is 0 Å². The Morgan fingerprint density at radius 1 is 1.39 bits per heavy atom. The molecule has 1 aliphatic rings. The number of nitrogens with one attached hydrogen (secondary N) is 1. The lowest BCUT2D eigenvalue weighted by Gasteiger charge is -2.18. The first-order valence-corrected chi connectivity index (χ1v) is 8.87. The second-order valence-corrected chi connectivity index (χ2v) is 7.32. The zero-order valence-corrected chi connectivity index (χ0v) is 13.9. The van der Waals surface area contributed by atoms with Gasteiger partial charge in [0.25, 0.3) is 5.91 Å². The minimum atomic E-state index is -3.65. The Bertz CT molecular complexity index is 729. The number of nitrogens with zero attached hydrogens (tertiary/aromatic N) is 1. The van der Waals surface area contributed by atoms with Crippen molar-refractivity contribution >= 4 is 21.9 Å². The molecule has 0 saturated carbocycles. The molecule has 0 aromatic heterocycles. The summed E-state index contributed by atoms with van der Waals surface area (Å²) in [4.78, 5) is 25.1. The van der Waals surface area contributed by atoms with Crippen LogP contribution in [0, 0.1) is 12.8 Å². The normalized spacial score (nSPS) is 18.2. The number of carbonyl (C=O) groups is 2. The molecule has 1 fully saturated rings. The number of carbonyl (C=O) groups excluding carboxylic acids is 1. The summed E-state index contributed by atoms with van der Waals surface area (Å²) >= 11 is 0. The van der Waals surface area contributed by atoms with E-state index in [-0.39, 0.29) is 29.5 Å². The molecule has 1 aromatic carbocycles. The van der Waals surface area contributed by atoms with E-state index in [4.69, 9.17) is 5.11 Å². The van der Waals surface area contributed by atoms with Gasteiger partial charge in [-0.3, -0.25) is 9.59 Å². The Labute approximate surface area is 135 Å². The highest BCUT2D eigenvalue weighted by Gasteiger charge is 2.32. The first-order chi connectivity index (χ1) is 10.8. The van der Waals surface area contributed by atoms with Gasteiger partial charge in [-0.1, -0.05) is 13.0 Å². The quantitative estimate of drug-likeness (QED) is 0.826. The molecule has 1 atom stereocenters. The highest BCUT2D eigenvalue weighted by atomic mass is 32.2. The standard InChI is InChI=1S/C15H20N2O5S/c1-3-16-23(21,22)12-5-4-10(2)13(8-12)14(18)17-7-6-11(9-17)15(19)20/h4-5,8,11,16H,3,6-7,9H2,1-2H3,(H,19,20). The van der Waals surface area contributed by atoms with Crippen molar-refractivity contribution in [2.45, 2.75) is 25.2 Å². The minimum absolute atomic E-state index is 0.0299. The third-order valence-corrected chi connectivity index (χ3v) is 5.45. The molecule has 1 heterocycles. The van der Waals surface area contributed by atoms with Gasteiger partial charge in [-0.2, -0.15) is 0 Å². The molecule has 2 rings (SSSR count). The van der Waals surface area contributed by atoms with Gasteiger partial charge in [0.2, 0.25) is 10.0 Å². The van der Waals surface area contributed by atoms with Crippen molar-refractivity contribution in [3.63, 3.8) is 0 Å². The maximum Gasteiger partial charge on any atom is 0.308 e. The number of carboxylic acid groups (broad SMARTS) is 1. The number of sulfonamides is 1. The number of likely N-dealkylation sites (tertiary alicyclic amines) is 1. The molecule has 1 unspecified atom stereocenters. The zero-order chi connectivity index (χ0) is 17.2. The molecule has 23 heavy (non-hydrogen) atoms. The van der Waals surface area contributed by atoms with Gasteiger partial charge >= 0.3 is 5.97 Å². The van der Waals surface area contributed by atoms with E-state index in [1.54, 1.807) is 19.9 Å². The summed E-state index contributed by atoms with van der Waals surface area (Å²) < 4.78 is 26.5. The molecule has 8 heteroatoms. The number of benzene rings is 1. The van der Waals surface area contributed by atoms with Gasteiger partial charge in [-0.25, -0.2) is 13.1 Å². The van der Waals surface area contributed by atoms with E-state index in [0.29, 0.717) is 18.5 Å². The number of hydrogen-bond donors (Lipinski definition) is 2. The van der Waals surface area contributed by atoms with Crippen LogP contribution in [0.25, 0.3) is 0 Å². The van der Waals surface area contributed by atoms with Crippen molar-refractivity contribution < 1.29 is 23.1 Å². The van der Waals surface area contributed by atoms with Gasteiger partial charge in [-0.05, 0) is 31.0 Å². The van der Waals surface area contributed by atoms with Crippen LogP contribution >= 0.6 is 0 Å². The van der Waals surface area contributed by atoms with E-state index in [2.05, 4.69) is 4.72 Å².